The first-order valence-electron chi connectivity index (χ1n) is 5.68. The third kappa shape index (κ3) is 3.12. The maximum absolute atomic E-state index is 13.6. The fraction of sp³-hybridized carbons (Fsp3) is 0.0769. The van der Waals surface area contributed by atoms with Crippen LogP contribution >= 0.6 is 11.3 Å². The van der Waals surface area contributed by atoms with Crippen molar-refractivity contribution < 1.29 is 14.0 Å². The van der Waals surface area contributed by atoms with Crippen molar-refractivity contribution in [1.82, 2.24) is 0 Å². The minimum Gasteiger partial charge on any atom is -0.378 e. The average Bonchev–Trinajstić information content (AvgIpc) is 2.86. The van der Waals surface area contributed by atoms with E-state index in [1.54, 1.807) is 11.4 Å². The Labute approximate surface area is 118 Å². The molecule has 104 valence electrons. The van der Waals surface area contributed by atoms with Gasteiger partial charge in [0.1, 0.15) is 5.82 Å². The van der Waals surface area contributed by atoms with E-state index in [2.05, 4.69) is 5.32 Å². The first kappa shape index (κ1) is 14.0. The number of halogens is 1. The maximum atomic E-state index is 13.6. The molecular formula is C13H12FN3O2S. The van der Waals surface area contributed by atoms with Crippen LogP contribution in [-0.4, -0.2) is 11.8 Å². The van der Waals surface area contributed by atoms with Crippen LogP contribution in [0.1, 0.15) is 25.6 Å². The number of hydrogen-bond acceptors (Lipinski definition) is 4. The van der Waals surface area contributed by atoms with Crippen molar-refractivity contribution in [2.75, 3.05) is 5.32 Å². The summed E-state index contributed by atoms with van der Waals surface area (Å²) in [4.78, 5) is 22.8. The number of carbonyl (C=O) groups is 2. The fourth-order valence-electron chi connectivity index (χ4n) is 1.60. The molecule has 5 nitrogen and oxygen atoms in total. The second kappa shape index (κ2) is 5.70. The van der Waals surface area contributed by atoms with Crippen LogP contribution in [-0.2, 0) is 6.54 Å². The molecule has 5 N–H and O–H groups in total. The van der Waals surface area contributed by atoms with E-state index in [1.807, 2.05) is 0 Å². The maximum Gasteiger partial charge on any atom is 0.249 e. The topological polar surface area (TPSA) is 98.2 Å². The number of benzene rings is 1. The number of hydrogen-bond donors (Lipinski definition) is 3. The van der Waals surface area contributed by atoms with Gasteiger partial charge < -0.3 is 16.8 Å². The van der Waals surface area contributed by atoms with Gasteiger partial charge in [-0.3, -0.25) is 9.59 Å². The molecule has 1 heterocycles. The summed E-state index contributed by atoms with van der Waals surface area (Å²) in [7, 11) is 0. The molecule has 0 fully saturated rings. The highest BCUT2D eigenvalue weighted by Gasteiger charge is 2.08. The van der Waals surface area contributed by atoms with Gasteiger partial charge in [0.15, 0.2) is 0 Å². The van der Waals surface area contributed by atoms with Crippen LogP contribution in [0.25, 0.3) is 0 Å². The number of thiophene rings is 1. The van der Waals surface area contributed by atoms with Gasteiger partial charge in [0, 0.05) is 22.4 Å². The Bertz CT molecular complexity index is 669. The molecule has 2 aromatic rings. The summed E-state index contributed by atoms with van der Waals surface area (Å²) >= 11 is 1.34. The molecule has 0 aliphatic carbocycles. The van der Waals surface area contributed by atoms with Crippen molar-refractivity contribution >= 4 is 28.8 Å². The Morgan fingerprint density at radius 3 is 2.45 bits per heavy atom. The van der Waals surface area contributed by atoms with Crippen molar-refractivity contribution in [3.63, 3.8) is 0 Å². The molecule has 0 aliphatic heterocycles. The summed E-state index contributed by atoms with van der Waals surface area (Å²) in [5, 5.41) is 4.49. The minimum absolute atomic E-state index is 0.176. The molecule has 0 saturated carbocycles. The average molecular weight is 293 g/mol. The normalized spacial score (nSPS) is 10.2. The second-order valence-electron chi connectivity index (χ2n) is 4.08. The Morgan fingerprint density at radius 1 is 1.15 bits per heavy atom. The van der Waals surface area contributed by atoms with Crippen LogP contribution in [0, 0.1) is 5.82 Å². The number of rotatable bonds is 5. The summed E-state index contributed by atoms with van der Waals surface area (Å²) in [6.45, 7) is 0.317. The summed E-state index contributed by atoms with van der Waals surface area (Å²) in [5.41, 5.74) is 11.1. The highest BCUT2D eigenvalue weighted by atomic mass is 32.1. The molecule has 2 amide bonds. The predicted molar refractivity (Wildman–Crippen MR) is 75.1 cm³/mol. The zero-order valence-corrected chi connectivity index (χ0v) is 11.2. The van der Waals surface area contributed by atoms with Crippen LogP contribution in [0.3, 0.4) is 0 Å². The Hall–Kier alpha value is -2.41. The fourth-order valence-corrected chi connectivity index (χ4v) is 2.41. The largest absolute Gasteiger partial charge is 0.378 e. The minimum atomic E-state index is -0.625. The van der Waals surface area contributed by atoms with Crippen molar-refractivity contribution in [3.8, 4) is 0 Å². The highest BCUT2D eigenvalue weighted by molar-refractivity contribution is 7.10. The molecule has 0 aliphatic rings. The number of nitrogens with one attached hydrogen (secondary N) is 1. The van der Waals surface area contributed by atoms with E-state index >= 15 is 0 Å². The quantitative estimate of drug-likeness (QED) is 0.782. The first-order chi connectivity index (χ1) is 9.47. The van der Waals surface area contributed by atoms with E-state index in [1.165, 1.54) is 29.5 Å². The van der Waals surface area contributed by atoms with E-state index in [0.29, 0.717) is 12.1 Å². The van der Waals surface area contributed by atoms with Crippen LogP contribution in [0.4, 0.5) is 10.1 Å². The molecule has 1 aromatic carbocycles. The zero-order valence-electron chi connectivity index (χ0n) is 10.4. The van der Waals surface area contributed by atoms with Crippen LogP contribution in [0.5, 0.6) is 0 Å². The van der Waals surface area contributed by atoms with Crippen LogP contribution < -0.4 is 16.8 Å². The van der Waals surface area contributed by atoms with Crippen molar-refractivity contribution in [2.24, 2.45) is 11.5 Å². The Balaban J connectivity index is 2.11. The van der Waals surface area contributed by atoms with Gasteiger partial charge >= 0.3 is 0 Å². The molecule has 0 saturated heterocycles. The lowest BCUT2D eigenvalue weighted by molar-refractivity contribution is 0.0992. The number of anilines is 1. The van der Waals surface area contributed by atoms with Gasteiger partial charge in [-0.15, -0.1) is 11.3 Å². The molecule has 20 heavy (non-hydrogen) atoms. The van der Waals surface area contributed by atoms with Crippen LogP contribution in [0.2, 0.25) is 0 Å². The summed E-state index contributed by atoms with van der Waals surface area (Å²) in [6, 6.07) is 5.47. The molecule has 1 aromatic heterocycles. The van der Waals surface area contributed by atoms with Crippen molar-refractivity contribution in [1.29, 1.82) is 0 Å². The Morgan fingerprint density at radius 2 is 1.85 bits per heavy atom. The molecule has 0 bridgehead atoms. The van der Waals surface area contributed by atoms with E-state index in [4.69, 9.17) is 11.5 Å². The Kier molecular flexibility index (Phi) is 3.99. The molecular weight excluding hydrogens is 281 g/mol. The molecule has 0 radical (unpaired) electrons. The standard InChI is InChI=1S/C13H12FN3O2S/c14-10-2-1-7(12(15)18)4-11(10)17-5-9-3-8(6-20-9)13(16)19/h1-4,6,17H,5H2,(H2,15,18)(H2,16,19). The highest BCUT2D eigenvalue weighted by Crippen LogP contribution is 2.19. The molecule has 0 atom stereocenters. The van der Waals surface area contributed by atoms with Crippen LogP contribution in [0.15, 0.2) is 29.6 Å². The van der Waals surface area contributed by atoms with E-state index in [-0.39, 0.29) is 11.3 Å². The van der Waals surface area contributed by atoms with E-state index in [9.17, 15) is 14.0 Å². The van der Waals surface area contributed by atoms with Gasteiger partial charge in [0.05, 0.1) is 11.3 Å². The third-order valence-electron chi connectivity index (χ3n) is 2.64. The number of nitrogens with two attached hydrogens (primary N) is 2. The lowest BCUT2D eigenvalue weighted by Gasteiger charge is -2.07. The number of primary amides is 2. The summed E-state index contributed by atoms with van der Waals surface area (Å²) < 4.78 is 13.6. The number of amides is 2. The molecule has 7 heteroatoms. The van der Waals surface area contributed by atoms with Gasteiger partial charge in [0.25, 0.3) is 0 Å². The zero-order chi connectivity index (χ0) is 14.7. The van der Waals surface area contributed by atoms with Gasteiger partial charge in [-0.25, -0.2) is 4.39 Å². The van der Waals surface area contributed by atoms with E-state index < -0.39 is 17.6 Å². The van der Waals surface area contributed by atoms with Crippen molar-refractivity contribution in [2.45, 2.75) is 6.54 Å². The molecule has 0 spiro atoms. The summed E-state index contributed by atoms with van der Waals surface area (Å²) in [5.74, 6) is -1.61. The van der Waals surface area contributed by atoms with Gasteiger partial charge in [0.2, 0.25) is 11.8 Å². The molecule has 0 unspecified atom stereocenters. The lowest BCUT2D eigenvalue weighted by atomic mass is 10.2. The summed E-state index contributed by atoms with van der Waals surface area (Å²) in [6.07, 6.45) is 0. The first-order valence-corrected chi connectivity index (χ1v) is 6.56. The van der Waals surface area contributed by atoms with E-state index in [0.717, 1.165) is 4.88 Å². The third-order valence-corrected chi connectivity index (χ3v) is 3.58. The van der Waals surface area contributed by atoms with Gasteiger partial charge in [-0.2, -0.15) is 0 Å². The SMILES string of the molecule is NC(=O)c1csc(CNc2cc(C(N)=O)ccc2F)c1. The van der Waals surface area contributed by atoms with Crippen molar-refractivity contribution in [3.05, 3.63) is 51.5 Å². The number of carbonyl (C=O) groups excluding carboxylic acids is 2. The lowest BCUT2D eigenvalue weighted by Crippen LogP contribution is -2.12. The second-order valence-corrected chi connectivity index (χ2v) is 5.07. The predicted octanol–water partition coefficient (Wildman–Crippen LogP) is 1.70. The smallest absolute Gasteiger partial charge is 0.249 e. The molecule has 2 rings (SSSR count). The monoisotopic (exact) mass is 293 g/mol. The van der Waals surface area contributed by atoms with Gasteiger partial charge in [-0.05, 0) is 24.3 Å². The van der Waals surface area contributed by atoms with Gasteiger partial charge in [-0.1, -0.05) is 0 Å².